The number of methoxy groups -OCH3 is 1. The maximum Gasteiger partial charge on any atom is 0.407 e. The third-order valence-corrected chi connectivity index (χ3v) is 8.09. The van der Waals surface area contributed by atoms with E-state index in [1.807, 2.05) is 6.07 Å². The zero-order valence-electron chi connectivity index (χ0n) is 24.6. The van der Waals surface area contributed by atoms with Gasteiger partial charge in [-0.25, -0.2) is 18.6 Å². The summed E-state index contributed by atoms with van der Waals surface area (Å²) in [6.07, 6.45) is 9.89. The molecule has 2 aliphatic rings. The van der Waals surface area contributed by atoms with Gasteiger partial charge in [0.05, 0.1) is 55.4 Å². The number of rotatable bonds is 9. The quantitative estimate of drug-likeness (QED) is 0.211. The number of amides is 1. The van der Waals surface area contributed by atoms with E-state index in [1.54, 1.807) is 18.6 Å². The SMILES string of the molecule is COC(=O)N[C@@H]1[C@H](N)C[C@H](c2ccncc2Nc2ncc(/C=C\C(=N)c3c(F)cc(OC4CCOCC4)cc3F)[nH]2)C[C@@H]1C. The van der Waals surface area contributed by atoms with Gasteiger partial charge < -0.3 is 41.0 Å². The smallest absolute Gasteiger partial charge is 0.407 e. The van der Waals surface area contributed by atoms with Gasteiger partial charge in [-0.05, 0) is 48.5 Å². The summed E-state index contributed by atoms with van der Waals surface area (Å²) >= 11 is 0. The predicted octanol–water partition coefficient (Wildman–Crippen LogP) is 5.03. The minimum Gasteiger partial charge on any atom is -0.490 e. The number of nitrogens with zero attached hydrogens (tertiary/aromatic N) is 2. The van der Waals surface area contributed by atoms with Crippen molar-refractivity contribution < 1.29 is 27.8 Å². The Labute approximate surface area is 254 Å². The van der Waals surface area contributed by atoms with E-state index in [0.717, 1.165) is 29.8 Å². The van der Waals surface area contributed by atoms with Crippen LogP contribution < -0.4 is 21.1 Å². The number of allylic oxidation sites excluding steroid dienone is 1. The lowest BCUT2D eigenvalue weighted by atomic mass is 9.73. The van der Waals surface area contributed by atoms with E-state index in [4.69, 9.17) is 25.4 Å². The van der Waals surface area contributed by atoms with Crippen molar-refractivity contribution in [3.05, 3.63) is 71.3 Å². The van der Waals surface area contributed by atoms with Crippen LogP contribution in [0.4, 0.5) is 25.2 Å². The summed E-state index contributed by atoms with van der Waals surface area (Å²) in [5.74, 6) is -0.993. The first kappa shape index (κ1) is 31.1. The second-order valence-electron chi connectivity index (χ2n) is 11.2. The number of imidazole rings is 1. The highest BCUT2D eigenvalue weighted by Gasteiger charge is 2.36. The lowest BCUT2D eigenvalue weighted by Crippen LogP contribution is -2.54. The molecule has 4 atom stereocenters. The van der Waals surface area contributed by atoms with E-state index < -0.39 is 23.3 Å². The van der Waals surface area contributed by atoms with Crippen LogP contribution in [0.2, 0.25) is 0 Å². The Kier molecular flexibility index (Phi) is 9.85. The van der Waals surface area contributed by atoms with E-state index >= 15 is 0 Å². The van der Waals surface area contributed by atoms with E-state index in [2.05, 4.69) is 32.5 Å². The topological polar surface area (TPSA) is 160 Å². The zero-order valence-corrected chi connectivity index (χ0v) is 24.6. The molecule has 0 spiro atoms. The number of halogens is 2. The van der Waals surface area contributed by atoms with Gasteiger partial charge in [0.15, 0.2) is 0 Å². The molecule has 0 unspecified atom stereocenters. The van der Waals surface area contributed by atoms with Crippen LogP contribution in [0.1, 0.15) is 55.3 Å². The van der Waals surface area contributed by atoms with E-state index in [-0.39, 0.29) is 41.5 Å². The monoisotopic (exact) mass is 609 g/mol. The van der Waals surface area contributed by atoms with Crippen molar-refractivity contribution in [2.24, 2.45) is 11.7 Å². The van der Waals surface area contributed by atoms with Gasteiger partial charge in [-0.2, -0.15) is 0 Å². The second kappa shape index (κ2) is 14.0. The van der Waals surface area contributed by atoms with Crippen LogP contribution in [-0.4, -0.2) is 65.3 Å². The molecular weight excluding hydrogens is 572 g/mol. The molecule has 1 saturated carbocycles. The average Bonchev–Trinajstić information content (AvgIpc) is 3.45. The van der Waals surface area contributed by atoms with Crippen molar-refractivity contribution in [3.63, 3.8) is 0 Å². The lowest BCUT2D eigenvalue weighted by Gasteiger charge is -2.39. The summed E-state index contributed by atoms with van der Waals surface area (Å²) in [5.41, 5.74) is 7.98. The molecule has 1 aliphatic heterocycles. The second-order valence-corrected chi connectivity index (χ2v) is 11.2. The Bertz CT molecular complexity index is 1470. The molecular formula is C31H37F2N7O4. The van der Waals surface area contributed by atoms with Crippen LogP contribution in [0.25, 0.3) is 6.08 Å². The molecule has 1 aliphatic carbocycles. The lowest BCUT2D eigenvalue weighted by molar-refractivity contribution is 0.0253. The van der Waals surface area contributed by atoms with Crippen LogP contribution in [-0.2, 0) is 9.47 Å². The van der Waals surface area contributed by atoms with Gasteiger partial charge in [-0.1, -0.05) is 6.92 Å². The minimum absolute atomic E-state index is 0.0915. The molecule has 2 fully saturated rings. The fourth-order valence-corrected chi connectivity index (χ4v) is 5.88. The van der Waals surface area contributed by atoms with Crippen molar-refractivity contribution in [2.45, 2.75) is 56.7 Å². The maximum atomic E-state index is 14.8. The Morgan fingerprint density at radius 3 is 2.66 bits per heavy atom. The highest BCUT2D eigenvalue weighted by molar-refractivity contribution is 6.09. The van der Waals surface area contributed by atoms with Gasteiger partial charge in [0, 0.05) is 43.3 Å². The molecule has 11 nitrogen and oxygen atoms in total. The van der Waals surface area contributed by atoms with Crippen molar-refractivity contribution in [1.29, 1.82) is 5.41 Å². The van der Waals surface area contributed by atoms with Crippen molar-refractivity contribution >= 4 is 29.5 Å². The maximum absolute atomic E-state index is 14.8. The summed E-state index contributed by atoms with van der Waals surface area (Å²) < 4.78 is 45.4. The average molecular weight is 610 g/mol. The summed E-state index contributed by atoms with van der Waals surface area (Å²) in [6.45, 7) is 3.14. The number of carbonyl (C=O) groups is 1. The normalized spacial score (nSPS) is 22.5. The number of aromatic amines is 1. The molecule has 1 saturated heterocycles. The molecule has 2 aromatic heterocycles. The minimum atomic E-state index is -0.873. The fraction of sp³-hybridized carbons (Fsp3) is 0.419. The van der Waals surface area contributed by atoms with Crippen LogP contribution in [0.3, 0.4) is 0 Å². The van der Waals surface area contributed by atoms with Crippen LogP contribution in [0.5, 0.6) is 5.75 Å². The highest BCUT2D eigenvalue weighted by atomic mass is 19.1. The molecule has 234 valence electrons. The summed E-state index contributed by atoms with van der Waals surface area (Å²) in [5, 5.41) is 14.4. The molecule has 6 N–H and O–H groups in total. The number of H-pyrrole nitrogens is 1. The Morgan fingerprint density at radius 1 is 1.20 bits per heavy atom. The number of hydrogen-bond donors (Lipinski definition) is 5. The number of benzene rings is 1. The predicted molar refractivity (Wildman–Crippen MR) is 161 cm³/mol. The number of anilines is 2. The largest absolute Gasteiger partial charge is 0.490 e. The fourth-order valence-electron chi connectivity index (χ4n) is 5.88. The Morgan fingerprint density at radius 2 is 1.95 bits per heavy atom. The van der Waals surface area contributed by atoms with Crippen LogP contribution in [0.15, 0.2) is 42.9 Å². The summed E-state index contributed by atoms with van der Waals surface area (Å²) in [4.78, 5) is 23.5. The van der Waals surface area contributed by atoms with Crippen molar-refractivity contribution in [3.8, 4) is 5.75 Å². The highest BCUT2D eigenvalue weighted by Crippen LogP contribution is 2.39. The molecule has 0 bridgehead atoms. The molecule has 1 amide bonds. The van der Waals surface area contributed by atoms with E-state index in [9.17, 15) is 13.6 Å². The van der Waals surface area contributed by atoms with Gasteiger partial charge in [0.2, 0.25) is 5.95 Å². The zero-order chi connectivity index (χ0) is 31.2. The number of aromatic nitrogens is 3. The first-order valence-corrected chi connectivity index (χ1v) is 14.6. The van der Waals surface area contributed by atoms with Gasteiger partial charge in [-0.15, -0.1) is 0 Å². The molecule has 1 aromatic carbocycles. The first-order chi connectivity index (χ1) is 21.2. The molecule has 13 heteroatoms. The Balaban J connectivity index is 1.23. The number of nitrogens with two attached hydrogens (primary N) is 1. The van der Waals surface area contributed by atoms with Crippen LogP contribution in [0, 0.1) is 23.0 Å². The van der Waals surface area contributed by atoms with E-state index in [0.29, 0.717) is 44.1 Å². The van der Waals surface area contributed by atoms with E-state index in [1.165, 1.54) is 19.3 Å². The van der Waals surface area contributed by atoms with Gasteiger partial charge in [0.25, 0.3) is 0 Å². The van der Waals surface area contributed by atoms with Gasteiger partial charge in [-0.3, -0.25) is 4.98 Å². The number of carbonyl (C=O) groups excluding carboxylic acids is 1. The van der Waals surface area contributed by atoms with Crippen LogP contribution >= 0.6 is 0 Å². The Hall–Kier alpha value is -4.36. The number of alkyl carbamates (subject to hydrolysis) is 1. The number of nitrogens with one attached hydrogen (secondary N) is 4. The molecule has 5 rings (SSSR count). The first-order valence-electron chi connectivity index (χ1n) is 14.6. The molecule has 3 aromatic rings. The van der Waals surface area contributed by atoms with Gasteiger partial charge >= 0.3 is 6.09 Å². The van der Waals surface area contributed by atoms with Crippen molar-refractivity contribution in [1.82, 2.24) is 20.3 Å². The third kappa shape index (κ3) is 7.40. The number of pyridine rings is 1. The molecule has 3 heterocycles. The standard InChI is InChI=1S/C31H37F2N7O4/c1-17-11-18(12-26(35)29(17)40-31(41)42-2)22-5-8-36-16-27(22)39-30-37-15-19(38-30)3-4-25(34)28-23(32)13-21(14-24(28)33)44-20-6-9-43-10-7-20/h3-5,8,13-18,20,26,29,34H,6-7,9-12,35H2,1-2H3,(H,40,41)(H2,37,38,39)/b4-3-,34-25?/t17-,18+,26+,29-/m0/s1. The van der Waals surface area contributed by atoms with Gasteiger partial charge in [0.1, 0.15) is 23.5 Å². The third-order valence-electron chi connectivity index (χ3n) is 8.09. The van der Waals surface area contributed by atoms with Crippen molar-refractivity contribution in [2.75, 3.05) is 25.6 Å². The molecule has 0 radical (unpaired) electrons. The summed E-state index contributed by atoms with van der Waals surface area (Å²) in [6, 6.07) is 3.70. The number of ether oxygens (including phenoxy) is 3. The summed E-state index contributed by atoms with van der Waals surface area (Å²) in [7, 11) is 1.33. The molecule has 44 heavy (non-hydrogen) atoms. The number of hydrogen-bond acceptors (Lipinski definition) is 9.